The van der Waals surface area contributed by atoms with Crippen LogP contribution in [0.1, 0.15) is 18.9 Å². The zero-order valence-corrected chi connectivity index (χ0v) is 18.6. The van der Waals surface area contributed by atoms with Crippen molar-refractivity contribution in [2.45, 2.75) is 19.9 Å². The van der Waals surface area contributed by atoms with Crippen LogP contribution in [-0.2, 0) is 11.3 Å². The Kier molecular flexibility index (Phi) is 6.52. The maximum absolute atomic E-state index is 12.9. The molecule has 0 spiro atoms. The normalized spacial score (nSPS) is 17.4. The van der Waals surface area contributed by atoms with Crippen molar-refractivity contribution in [1.82, 2.24) is 15.2 Å². The number of hydrogen-bond donors (Lipinski definition) is 1. The molecule has 1 saturated heterocycles. The molecule has 7 heteroatoms. The van der Waals surface area contributed by atoms with Gasteiger partial charge in [0.1, 0.15) is 0 Å². The smallest absolute Gasteiger partial charge is 0.228 e. The molecule has 0 atom stereocenters. The Balaban J connectivity index is 1.29. The third kappa shape index (κ3) is 4.91. The number of carbonyl (C=O) groups is 1. The van der Waals surface area contributed by atoms with Gasteiger partial charge in [0, 0.05) is 38.4 Å². The van der Waals surface area contributed by atoms with E-state index in [0.717, 1.165) is 49.7 Å². The summed E-state index contributed by atoms with van der Waals surface area (Å²) in [7, 11) is 0. The molecule has 1 N–H and O–H groups in total. The number of nitrogens with one attached hydrogen (secondary N) is 1. The van der Waals surface area contributed by atoms with E-state index < -0.39 is 0 Å². The minimum Gasteiger partial charge on any atom is -0.340 e. The molecule has 2 aliphatic heterocycles. The molecule has 0 unspecified atom stereocenters. The van der Waals surface area contributed by atoms with Gasteiger partial charge in [0.15, 0.2) is 0 Å². The molecular weight excluding hydrogens is 419 g/mol. The van der Waals surface area contributed by atoms with Gasteiger partial charge in [-0.05, 0) is 36.3 Å². The van der Waals surface area contributed by atoms with Gasteiger partial charge in [0.2, 0.25) is 5.91 Å². The molecule has 2 heterocycles. The quantitative estimate of drug-likeness (QED) is 0.744. The average Bonchev–Trinajstić information content (AvgIpc) is 3.11. The second-order valence-electron chi connectivity index (χ2n) is 7.87. The van der Waals surface area contributed by atoms with Gasteiger partial charge in [-0.3, -0.25) is 14.7 Å². The number of halogens is 2. The Bertz CT molecular complexity index is 939. The van der Waals surface area contributed by atoms with Crippen LogP contribution in [0.2, 0.25) is 10.0 Å². The van der Waals surface area contributed by atoms with Crippen molar-refractivity contribution in [3.8, 4) is 0 Å². The number of rotatable bonds is 5. The summed E-state index contributed by atoms with van der Waals surface area (Å²) in [5.41, 5.74) is 7.75. The molecule has 1 amide bonds. The first-order valence-corrected chi connectivity index (χ1v) is 11.0. The van der Waals surface area contributed by atoms with E-state index in [1.807, 2.05) is 28.1 Å². The average molecular weight is 445 g/mol. The first-order valence-electron chi connectivity index (χ1n) is 10.2. The van der Waals surface area contributed by atoms with Gasteiger partial charge < -0.3 is 10.3 Å². The summed E-state index contributed by atoms with van der Waals surface area (Å²) in [5.74, 6) is 0.173. The molecule has 2 aliphatic rings. The molecule has 0 aliphatic carbocycles. The third-order valence-electron chi connectivity index (χ3n) is 5.70. The van der Waals surface area contributed by atoms with Gasteiger partial charge >= 0.3 is 0 Å². The van der Waals surface area contributed by atoms with Crippen molar-refractivity contribution in [1.29, 1.82) is 0 Å². The monoisotopic (exact) mass is 444 g/mol. The molecule has 0 radical (unpaired) electrons. The topological polar surface area (TPSA) is 38.8 Å². The van der Waals surface area contributed by atoms with Crippen molar-refractivity contribution < 1.29 is 4.79 Å². The number of amides is 1. The molecule has 0 aromatic heterocycles. The van der Waals surface area contributed by atoms with E-state index in [1.165, 1.54) is 5.56 Å². The molecule has 5 nitrogen and oxygen atoms in total. The van der Waals surface area contributed by atoms with E-state index in [2.05, 4.69) is 41.5 Å². The Morgan fingerprint density at radius 3 is 2.43 bits per heavy atom. The van der Waals surface area contributed by atoms with Gasteiger partial charge in [0.05, 0.1) is 28.7 Å². The molecule has 4 rings (SSSR count). The van der Waals surface area contributed by atoms with Crippen LogP contribution >= 0.6 is 23.2 Å². The van der Waals surface area contributed by atoms with Crippen molar-refractivity contribution >= 4 is 34.8 Å². The Hall–Kier alpha value is -2.21. The fourth-order valence-corrected chi connectivity index (χ4v) is 4.18. The lowest BCUT2D eigenvalue weighted by Crippen LogP contribution is -2.48. The molecule has 0 bridgehead atoms. The lowest BCUT2D eigenvalue weighted by Gasteiger charge is -2.35. The summed E-state index contributed by atoms with van der Waals surface area (Å²) in [4.78, 5) is 17.3. The number of hydrazine groups is 1. The lowest BCUT2D eigenvalue weighted by atomic mass is 10.1. The number of hydrogen-bond acceptors (Lipinski definition) is 4. The summed E-state index contributed by atoms with van der Waals surface area (Å²) < 4.78 is 0. The number of benzene rings is 2. The summed E-state index contributed by atoms with van der Waals surface area (Å²) >= 11 is 12.2. The highest BCUT2D eigenvalue weighted by Crippen LogP contribution is 2.29. The highest BCUT2D eigenvalue weighted by molar-refractivity contribution is 6.42. The fourth-order valence-electron chi connectivity index (χ4n) is 3.89. The Morgan fingerprint density at radius 2 is 1.73 bits per heavy atom. The predicted molar refractivity (Wildman–Crippen MR) is 123 cm³/mol. The van der Waals surface area contributed by atoms with Crippen LogP contribution in [0.25, 0.3) is 0 Å². The molecule has 158 valence electrons. The first kappa shape index (κ1) is 21.0. The molecule has 1 fully saturated rings. The van der Waals surface area contributed by atoms with E-state index in [9.17, 15) is 4.79 Å². The van der Waals surface area contributed by atoms with E-state index in [1.54, 1.807) is 6.07 Å². The van der Waals surface area contributed by atoms with Crippen molar-refractivity contribution in [2.75, 3.05) is 37.7 Å². The van der Waals surface area contributed by atoms with E-state index >= 15 is 0 Å². The largest absolute Gasteiger partial charge is 0.340 e. The predicted octanol–water partition coefficient (Wildman–Crippen LogP) is 4.33. The summed E-state index contributed by atoms with van der Waals surface area (Å²) in [6.07, 6.45) is 0.391. The van der Waals surface area contributed by atoms with Gasteiger partial charge in [-0.25, -0.2) is 0 Å². The lowest BCUT2D eigenvalue weighted by molar-refractivity contribution is -0.132. The highest BCUT2D eigenvalue weighted by atomic mass is 35.5. The van der Waals surface area contributed by atoms with Gasteiger partial charge in [0.25, 0.3) is 0 Å². The van der Waals surface area contributed by atoms with Gasteiger partial charge in [-0.1, -0.05) is 53.5 Å². The SMILES string of the molecule is CC1=C(CC(=O)N2CCN(Cc3ccccc3)CC2)NN(c2ccc(Cl)c(Cl)c2)C1. The number of carbonyl (C=O) groups excluding carboxylic acids is 1. The zero-order valence-electron chi connectivity index (χ0n) is 17.1. The van der Waals surface area contributed by atoms with Crippen molar-refractivity contribution in [2.24, 2.45) is 0 Å². The summed E-state index contributed by atoms with van der Waals surface area (Å²) in [6.45, 7) is 7.07. The molecule has 2 aromatic carbocycles. The maximum atomic E-state index is 12.9. The molecule has 30 heavy (non-hydrogen) atoms. The highest BCUT2D eigenvalue weighted by Gasteiger charge is 2.26. The van der Waals surface area contributed by atoms with E-state index in [-0.39, 0.29) is 5.91 Å². The van der Waals surface area contributed by atoms with E-state index in [0.29, 0.717) is 23.0 Å². The van der Waals surface area contributed by atoms with Crippen LogP contribution in [0, 0.1) is 0 Å². The van der Waals surface area contributed by atoms with Crippen LogP contribution < -0.4 is 10.4 Å². The van der Waals surface area contributed by atoms with Crippen molar-refractivity contribution in [3.63, 3.8) is 0 Å². The second-order valence-corrected chi connectivity index (χ2v) is 8.69. The minimum absolute atomic E-state index is 0.173. The Morgan fingerprint density at radius 1 is 1.00 bits per heavy atom. The van der Waals surface area contributed by atoms with Crippen LogP contribution in [0.15, 0.2) is 59.8 Å². The summed E-state index contributed by atoms with van der Waals surface area (Å²) in [5, 5.41) is 3.05. The fraction of sp³-hybridized carbons (Fsp3) is 0.348. The van der Waals surface area contributed by atoms with Gasteiger partial charge in [-0.15, -0.1) is 0 Å². The third-order valence-corrected chi connectivity index (χ3v) is 6.44. The van der Waals surface area contributed by atoms with Crippen molar-refractivity contribution in [3.05, 3.63) is 75.4 Å². The molecule has 2 aromatic rings. The molecular formula is C23H26Cl2N4O. The molecule has 0 saturated carbocycles. The van der Waals surface area contributed by atoms with Crippen LogP contribution in [0.4, 0.5) is 5.69 Å². The standard InChI is InChI=1S/C23H26Cl2N4O/c1-17-15-29(19-7-8-20(24)21(25)13-19)26-22(17)14-23(30)28-11-9-27(10-12-28)16-18-5-3-2-4-6-18/h2-8,13,26H,9-12,14-16H2,1H3. The second kappa shape index (κ2) is 9.29. The Labute approximate surface area is 187 Å². The van der Waals surface area contributed by atoms with Crippen LogP contribution in [0.3, 0.4) is 0 Å². The first-order chi connectivity index (χ1) is 14.5. The maximum Gasteiger partial charge on any atom is 0.228 e. The van der Waals surface area contributed by atoms with Crippen LogP contribution in [0.5, 0.6) is 0 Å². The number of nitrogens with zero attached hydrogens (tertiary/aromatic N) is 3. The summed E-state index contributed by atoms with van der Waals surface area (Å²) in [6, 6.07) is 16.0. The number of piperazine rings is 1. The van der Waals surface area contributed by atoms with E-state index in [4.69, 9.17) is 23.2 Å². The number of anilines is 1. The van der Waals surface area contributed by atoms with Gasteiger partial charge in [-0.2, -0.15) is 0 Å². The van der Waals surface area contributed by atoms with Crippen LogP contribution in [-0.4, -0.2) is 48.4 Å². The minimum atomic E-state index is 0.173. The zero-order chi connectivity index (χ0) is 21.1.